The number of nitrogens with zero attached hydrogens (tertiary/aromatic N) is 2. The molecule has 19 heavy (non-hydrogen) atoms. The topological polar surface area (TPSA) is 60.7 Å². The van der Waals surface area contributed by atoms with Gasteiger partial charge in [0.1, 0.15) is 5.65 Å². The van der Waals surface area contributed by atoms with E-state index in [0.717, 1.165) is 0 Å². The van der Waals surface area contributed by atoms with Crippen molar-refractivity contribution in [2.45, 2.75) is 12.7 Å². The monoisotopic (exact) mass is 278 g/mol. The smallest absolute Gasteiger partial charge is 0.315 e. The molecular formula is C13H14N2O3S. The van der Waals surface area contributed by atoms with Crippen molar-refractivity contribution in [1.82, 2.24) is 9.38 Å². The van der Waals surface area contributed by atoms with E-state index in [1.165, 1.54) is 22.2 Å². The minimum absolute atomic E-state index is 0.114. The van der Waals surface area contributed by atoms with E-state index >= 15 is 0 Å². The Morgan fingerprint density at radius 2 is 2.32 bits per heavy atom. The van der Waals surface area contributed by atoms with Crippen molar-refractivity contribution >= 4 is 23.4 Å². The molecule has 0 aliphatic heterocycles. The lowest BCUT2D eigenvalue weighted by Gasteiger charge is -2.04. The fourth-order valence-electron chi connectivity index (χ4n) is 1.62. The maximum Gasteiger partial charge on any atom is 0.315 e. The lowest BCUT2D eigenvalue weighted by atomic mass is 10.4. The highest BCUT2D eigenvalue weighted by Crippen LogP contribution is 2.10. The Morgan fingerprint density at radius 3 is 3.11 bits per heavy atom. The molecule has 100 valence electrons. The largest absolute Gasteiger partial charge is 0.465 e. The van der Waals surface area contributed by atoms with Crippen LogP contribution in [0.15, 0.2) is 35.3 Å². The first-order valence-electron chi connectivity index (χ1n) is 5.91. The second kappa shape index (κ2) is 6.38. The van der Waals surface area contributed by atoms with Gasteiger partial charge in [-0.2, -0.15) is 0 Å². The molecule has 0 N–H and O–H groups in total. The first kappa shape index (κ1) is 13.6. The Balaban J connectivity index is 2.05. The molecule has 0 saturated carbocycles. The van der Waals surface area contributed by atoms with E-state index < -0.39 is 0 Å². The molecule has 0 atom stereocenters. The van der Waals surface area contributed by atoms with Gasteiger partial charge in [0.15, 0.2) is 0 Å². The molecule has 0 saturated heterocycles. The maximum absolute atomic E-state index is 11.8. The molecule has 5 nitrogen and oxygen atoms in total. The van der Waals surface area contributed by atoms with E-state index in [2.05, 4.69) is 4.98 Å². The fourth-order valence-corrected chi connectivity index (χ4v) is 2.33. The average molecular weight is 278 g/mol. The first-order valence-corrected chi connectivity index (χ1v) is 7.07. The molecule has 0 aliphatic carbocycles. The number of aromatic nitrogens is 2. The molecule has 0 radical (unpaired) electrons. The number of rotatable bonds is 5. The third-order valence-corrected chi connectivity index (χ3v) is 3.34. The standard InChI is InChI=1S/C13H14N2O3S/c1-2-18-13(17)9-19-8-10-7-12(16)15-6-4-3-5-11(15)14-10/h3-7H,2,8-9H2,1H3. The molecule has 0 unspecified atom stereocenters. The van der Waals surface area contributed by atoms with Crippen molar-refractivity contribution in [3.05, 3.63) is 46.5 Å². The summed E-state index contributed by atoms with van der Waals surface area (Å²) >= 11 is 1.39. The van der Waals surface area contributed by atoms with Crippen LogP contribution in [0.5, 0.6) is 0 Å². The molecule has 0 fully saturated rings. The van der Waals surface area contributed by atoms with Crippen LogP contribution in [-0.4, -0.2) is 27.7 Å². The van der Waals surface area contributed by atoms with E-state index in [1.807, 2.05) is 6.07 Å². The summed E-state index contributed by atoms with van der Waals surface area (Å²) < 4.78 is 6.31. The van der Waals surface area contributed by atoms with E-state index in [1.54, 1.807) is 25.3 Å². The van der Waals surface area contributed by atoms with Crippen LogP contribution in [0, 0.1) is 0 Å². The summed E-state index contributed by atoms with van der Waals surface area (Å²) in [7, 11) is 0. The zero-order valence-electron chi connectivity index (χ0n) is 10.5. The van der Waals surface area contributed by atoms with Gasteiger partial charge in [0, 0.05) is 18.0 Å². The number of fused-ring (bicyclic) bond motifs is 1. The fraction of sp³-hybridized carbons (Fsp3) is 0.308. The lowest BCUT2D eigenvalue weighted by Crippen LogP contribution is -2.15. The highest BCUT2D eigenvalue weighted by Gasteiger charge is 2.05. The van der Waals surface area contributed by atoms with E-state index in [-0.39, 0.29) is 17.3 Å². The second-order valence-corrected chi connectivity index (χ2v) is 4.80. The summed E-state index contributed by atoms with van der Waals surface area (Å²) in [5.74, 6) is 0.536. The predicted octanol–water partition coefficient (Wildman–Crippen LogP) is 1.49. The number of pyridine rings is 1. The molecule has 0 spiro atoms. The first-order chi connectivity index (χ1) is 9.20. The number of hydrogen-bond acceptors (Lipinski definition) is 5. The van der Waals surface area contributed by atoms with E-state index in [0.29, 0.717) is 23.7 Å². The highest BCUT2D eigenvalue weighted by atomic mass is 32.2. The summed E-state index contributed by atoms with van der Waals surface area (Å²) in [5, 5.41) is 0. The Labute approximate surface area is 114 Å². The number of carbonyl (C=O) groups is 1. The quantitative estimate of drug-likeness (QED) is 0.775. The zero-order chi connectivity index (χ0) is 13.7. The summed E-state index contributed by atoms with van der Waals surface area (Å²) in [6, 6.07) is 6.88. The van der Waals surface area contributed by atoms with Crippen molar-refractivity contribution in [3.63, 3.8) is 0 Å². The molecule has 2 aromatic rings. The van der Waals surface area contributed by atoms with Gasteiger partial charge in [-0.15, -0.1) is 11.8 Å². The maximum atomic E-state index is 11.8. The zero-order valence-corrected chi connectivity index (χ0v) is 11.4. The molecule has 0 amide bonds. The summed E-state index contributed by atoms with van der Waals surface area (Å²) in [6.07, 6.45) is 1.68. The van der Waals surface area contributed by atoms with Gasteiger partial charge < -0.3 is 4.74 Å². The molecule has 6 heteroatoms. The normalized spacial score (nSPS) is 10.6. The Morgan fingerprint density at radius 1 is 1.47 bits per heavy atom. The van der Waals surface area contributed by atoms with Gasteiger partial charge in [-0.05, 0) is 19.1 Å². The second-order valence-electron chi connectivity index (χ2n) is 3.81. The van der Waals surface area contributed by atoms with Crippen molar-refractivity contribution in [2.75, 3.05) is 12.4 Å². The molecule has 0 aliphatic rings. The number of thioether (sulfide) groups is 1. The number of carbonyl (C=O) groups excluding carboxylic acids is 1. The summed E-state index contributed by atoms with van der Waals surface area (Å²) in [4.78, 5) is 27.4. The van der Waals surface area contributed by atoms with Crippen molar-refractivity contribution in [2.24, 2.45) is 0 Å². The minimum Gasteiger partial charge on any atom is -0.465 e. The van der Waals surface area contributed by atoms with Crippen molar-refractivity contribution in [3.8, 4) is 0 Å². The highest BCUT2D eigenvalue weighted by molar-refractivity contribution is 7.99. The molecule has 2 aromatic heterocycles. The van der Waals surface area contributed by atoms with Gasteiger partial charge >= 0.3 is 5.97 Å². The molecule has 2 rings (SSSR count). The van der Waals surface area contributed by atoms with Gasteiger partial charge in [-0.25, -0.2) is 4.98 Å². The molecule has 0 aromatic carbocycles. The number of ether oxygens (including phenoxy) is 1. The Bertz CT molecular complexity index is 639. The third kappa shape index (κ3) is 3.57. The van der Waals surface area contributed by atoms with Crippen molar-refractivity contribution in [1.29, 1.82) is 0 Å². The van der Waals surface area contributed by atoms with Crippen LogP contribution in [0.25, 0.3) is 5.65 Å². The van der Waals surface area contributed by atoms with Gasteiger partial charge in [0.25, 0.3) is 5.56 Å². The minimum atomic E-state index is -0.245. The van der Waals surface area contributed by atoms with Crippen LogP contribution >= 0.6 is 11.8 Å². The number of esters is 1. The molecule has 0 bridgehead atoms. The SMILES string of the molecule is CCOC(=O)CSCc1cc(=O)n2ccccc2n1. The van der Waals surface area contributed by atoms with E-state index in [4.69, 9.17) is 4.74 Å². The molecular weight excluding hydrogens is 264 g/mol. The predicted molar refractivity (Wildman–Crippen MR) is 74.3 cm³/mol. The lowest BCUT2D eigenvalue weighted by molar-refractivity contribution is -0.139. The van der Waals surface area contributed by atoms with Crippen LogP contribution in [-0.2, 0) is 15.3 Å². The van der Waals surface area contributed by atoms with Gasteiger partial charge in [0.05, 0.1) is 18.1 Å². The molecule has 2 heterocycles. The van der Waals surface area contributed by atoms with Crippen molar-refractivity contribution < 1.29 is 9.53 Å². The third-order valence-electron chi connectivity index (χ3n) is 2.40. The van der Waals surface area contributed by atoms with Gasteiger partial charge in [-0.3, -0.25) is 14.0 Å². The average Bonchev–Trinajstić information content (AvgIpc) is 2.39. The van der Waals surface area contributed by atoms with Crippen LogP contribution in [0.3, 0.4) is 0 Å². The van der Waals surface area contributed by atoms with Crippen LogP contribution in [0.1, 0.15) is 12.6 Å². The Hall–Kier alpha value is -1.82. The summed E-state index contributed by atoms with van der Waals surface area (Å²) in [6.45, 7) is 2.16. The Kier molecular flexibility index (Phi) is 4.57. The van der Waals surface area contributed by atoms with Gasteiger partial charge in [-0.1, -0.05) is 6.07 Å². The number of hydrogen-bond donors (Lipinski definition) is 0. The van der Waals surface area contributed by atoms with E-state index in [9.17, 15) is 9.59 Å². The van der Waals surface area contributed by atoms with Gasteiger partial charge in [0.2, 0.25) is 0 Å². The van der Waals surface area contributed by atoms with Crippen LogP contribution in [0.2, 0.25) is 0 Å². The van der Waals surface area contributed by atoms with Crippen LogP contribution in [0.4, 0.5) is 0 Å². The summed E-state index contributed by atoms with van der Waals surface area (Å²) in [5.41, 5.74) is 1.17. The van der Waals surface area contributed by atoms with Crippen LogP contribution < -0.4 is 5.56 Å².